The van der Waals surface area contributed by atoms with Crippen LogP contribution >= 0.6 is 0 Å². The third kappa shape index (κ3) is 2.34. The summed E-state index contributed by atoms with van der Waals surface area (Å²) in [7, 11) is -3.55. The monoisotopic (exact) mass is 213 g/mol. The number of imidazole rings is 1. The van der Waals surface area contributed by atoms with Gasteiger partial charge in [-0.05, 0) is 6.42 Å². The fourth-order valence-corrected chi connectivity index (χ4v) is 2.02. The average Bonchev–Trinajstić information content (AvgIpc) is 2.67. The van der Waals surface area contributed by atoms with Gasteiger partial charge in [0.15, 0.2) is 5.03 Å². The number of H-pyrrole nitrogens is 1. The summed E-state index contributed by atoms with van der Waals surface area (Å²) in [5, 5.41) is 0.0196. The molecule has 1 atom stereocenters. The summed E-state index contributed by atoms with van der Waals surface area (Å²) in [6, 6.07) is -0.483. The maximum Gasteiger partial charge on any atom is 0.258 e. The van der Waals surface area contributed by atoms with Gasteiger partial charge >= 0.3 is 0 Å². The van der Waals surface area contributed by atoms with Gasteiger partial charge in [0.1, 0.15) is 0 Å². The second kappa shape index (κ2) is 4.26. The number of nitrogens with one attached hydrogen (secondary N) is 2. The summed E-state index contributed by atoms with van der Waals surface area (Å²) in [6.07, 6.45) is 8.21. The Balaban J connectivity index is 2.84. The number of hydrogen-bond donors (Lipinski definition) is 2. The average molecular weight is 213 g/mol. The molecule has 1 aromatic heterocycles. The van der Waals surface area contributed by atoms with E-state index < -0.39 is 16.1 Å². The van der Waals surface area contributed by atoms with E-state index in [0.717, 1.165) is 0 Å². The number of sulfonamides is 1. The Kier molecular flexibility index (Phi) is 3.28. The van der Waals surface area contributed by atoms with Gasteiger partial charge in [-0.1, -0.05) is 12.8 Å². The van der Waals surface area contributed by atoms with E-state index in [-0.39, 0.29) is 5.03 Å². The molecule has 0 aliphatic carbocycles. The summed E-state index contributed by atoms with van der Waals surface area (Å²) >= 11 is 0. The van der Waals surface area contributed by atoms with Crippen molar-refractivity contribution >= 4 is 10.0 Å². The van der Waals surface area contributed by atoms with Crippen molar-refractivity contribution in [3.8, 4) is 12.3 Å². The van der Waals surface area contributed by atoms with Gasteiger partial charge in [0, 0.05) is 0 Å². The van der Waals surface area contributed by atoms with E-state index in [9.17, 15) is 8.42 Å². The maximum atomic E-state index is 11.5. The number of terminal acetylenes is 1. The van der Waals surface area contributed by atoms with Gasteiger partial charge in [0.25, 0.3) is 10.0 Å². The molecule has 0 fully saturated rings. The first kappa shape index (κ1) is 10.8. The van der Waals surface area contributed by atoms with Crippen LogP contribution in [0.25, 0.3) is 0 Å². The normalized spacial score (nSPS) is 13.4. The van der Waals surface area contributed by atoms with Gasteiger partial charge < -0.3 is 4.98 Å². The third-order valence-electron chi connectivity index (χ3n) is 1.67. The van der Waals surface area contributed by atoms with Crippen LogP contribution < -0.4 is 4.72 Å². The van der Waals surface area contributed by atoms with Gasteiger partial charge in [-0.25, -0.2) is 13.4 Å². The predicted molar refractivity (Wildman–Crippen MR) is 51.8 cm³/mol. The molecule has 0 saturated carbocycles. The lowest BCUT2D eigenvalue weighted by atomic mass is 10.3. The molecule has 0 aliphatic rings. The molecule has 2 N–H and O–H groups in total. The Morgan fingerprint density at radius 2 is 2.50 bits per heavy atom. The lowest BCUT2D eigenvalue weighted by Crippen LogP contribution is -2.33. The minimum Gasteiger partial charge on any atom is -0.335 e. The molecule has 0 spiro atoms. The molecule has 0 radical (unpaired) electrons. The summed E-state index contributed by atoms with van der Waals surface area (Å²) in [6.45, 7) is 1.81. The van der Waals surface area contributed by atoms with Crippen LogP contribution in [0.15, 0.2) is 17.6 Å². The smallest absolute Gasteiger partial charge is 0.258 e. The molecule has 5 nitrogen and oxygen atoms in total. The summed E-state index contributed by atoms with van der Waals surface area (Å²) < 4.78 is 25.4. The molecule has 0 bridgehead atoms. The molecule has 14 heavy (non-hydrogen) atoms. The van der Waals surface area contributed by atoms with Gasteiger partial charge in [-0.2, -0.15) is 4.72 Å². The van der Waals surface area contributed by atoms with E-state index in [4.69, 9.17) is 6.42 Å². The first-order valence-corrected chi connectivity index (χ1v) is 5.55. The van der Waals surface area contributed by atoms with Crippen LogP contribution in [0.2, 0.25) is 0 Å². The first-order chi connectivity index (χ1) is 6.60. The molecule has 1 rings (SSSR count). The van der Waals surface area contributed by atoms with Gasteiger partial charge in [-0.3, -0.25) is 0 Å². The Morgan fingerprint density at radius 3 is 2.93 bits per heavy atom. The van der Waals surface area contributed by atoms with Crippen molar-refractivity contribution < 1.29 is 8.42 Å². The lowest BCUT2D eigenvalue weighted by Gasteiger charge is -2.09. The Labute approximate surface area is 83.0 Å². The van der Waals surface area contributed by atoms with Crippen molar-refractivity contribution in [2.24, 2.45) is 0 Å². The summed E-state index contributed by atoms with van der Waals surface area (Å²) in [5.74, 6) is 2.35. The third-order valence-corrected chi connectivity index (χ3v) is 3.07. The fraction of sp³-hybridized carbons (Fsp3) is 0.375. The van der Waals surface area contributed by atoms with Crippen LogP contribution in [0.1, 0.15) is 13.3 Å². The van der Waals surface area contributed by atoms with E-state index >= 15 is 0 Å². The van der Waals surface area contributed by atoms with E-state index in [1.54, 1.807) is 6.92 Å². The second-order valence-electron chi connectivity index (χ2n) is 2.66. The standard InChI is InChI=1S/C8H11N3O2S/c1-3-7(4-2)11-14(12,13)8-5-9-6-10-8/h1,5-7,11H,4H2,2H3,(H,9,10). The predicted octanol–water partition coefficient (Wildman–Crippen LogP) is 0.0998. The van der Waals surface area contributed by atoms with E-state index in [2.05, 4.69) is 20.6 Å². The zero-order valence-electron chi connectivity index (χ0n) is 7.69. The molecule has 1 heterocycles. The molecule has 0 aromatic carbocycles. The minimum absolute atomic E-state index is 0.0196. The van der Waals surface area contributed by atoms with Gasteiger partial charge in [0.2, 0.25) is 0 Å². The van der Waals surface area contributed by atoms with Crippen molar-refractivity contribution in [3.63, 3.8) is 0 Å². The number of aromatic nitrogens is 2. The highest BCUT2D eigenvalue weighted by atomic mass is 32.2. The van der Waals surface area contributed by atoms with Crippen LogP contribution in [-0.2, 0) is 10.0 Å². The van der Waals surface area contributed by atoms with E-state index in [1.807, 2.05) is 0 Å². The highest BCUT2D eigenvalue weighted by molar-refractivity contribution is 7.89. The number of rotatable bonds is 4. The molecule has 0 saturated heterocycles. The number of nitrogens with zero attached hydrogens (tertiary/aromatic N) is 1. The SMILES string of the molecule is C#CC(CC)NS(=O)(=O)c1cnc[nH]1. The van der Waals surface area contributed by atoms with E-state index in [0.29, 0.717) is 6.42 Å². The first-order valence-electron chi connectivity index (χ1n) is 4.07. The number of hydrogen-bond acceptors (Lipinski definition) is 3. The summed E-state index contributed by atoms with van der Waals surface area (Å²) in [4.78, 5) is 6.12. The van der Waals surface area contributed by atoms with E-state index in [1.165, 1.54) is 12.5 Å². The van der Waals surface area contributed by atoms with Crippen molar-refractivity contribution in [1.29, 1.82) is 0 Å². The van der Waals surface area contributed by atoms with Crippen LogP contribution in [0.3, 0.4) is 0 Å². The van der Waals surface area contributed by atoms with Crippen molar-refractivity contribution in [2.75, 3.05) is 0 Å². The molecular weight excluding hydrogens is 202 g/mol. The molecule has 0 aliphatic heterocycles. The fourth-order valence-electron chi connectivity index (χ4n) is 0.876. The molecule has 76 valence electrons. The zero-order chi connectivity index (χ0) is 10.6. The lowest BCUT2D eigenvalue weighted by molar-refractivity contribution is 0.567. The molecular formula is C8H11N3O2S. The maximum absolute atomic E-state index is 11.5. The van der Waals surface area contributed by atoms with Crippen LogP contribution in [0.5, 0.6) is 0 Å². The largest absolute Gasteiger partial charge is 0.335 e. The Bertz CT molecular complexity index is 416. The van der Waals surface area contributed by atoms with Crippen molar-refractivity contribution in [3.05, 3.63) is 12.5 Å². The molecule has 1 unspecified atom stereocenters. The molecule has 0 amide bonds. The highest BCUT2D eigenvalue weighted by Gasteiger charge is 2.18. The summed E-state index contributed by atoms with van der Waals surface area (Å²) in [5.41, 5.74) is 0. The highest BCUT2D eigenvalue weighted by Crippen LogP contribution is 2.03. The van der Waals surface area contributed by atoms with Crippen LogP contribution in [0.4, 0.5) is 0 Å². The zero-order valence-corrected chi connectivity index (χ0v) is 8.50. The minimum atomic E-state index is -3.55. The van der Waals surface area contributed by atoms with Crippen LogP contribution in [0, 0.1) is 12.3 Å². The quantitative estimate of drug-likeness (QED) is 0.696. The molecule has 1 aromatic rings. The van der Waals surface area contributed by atoms with Gasteiger partial charge in [-0.15, -0.1) is 6.42 Å². The Morgan fingerprint density at radius 1 is 1.79 bits per heavy atom. The Hall–Kier alpha value is -1.32. The van der Waals surface area contributed by atoms with Crippen LogP contribution in [-0.4, -0.2) is 24.4 Å². The second-order valence-corrected chi connectivity index (χ2v) is 4.35. The molecule has 6 heteroatoms. The number of aromatic amines is 1. The van der Waals surface area contributed by atoms with Gasteiger partial charge in [0.05, 0.1) is 18.6 Å². The van der Waals surface area contributed by atoms with Crippen molar-refractivity contribution in [1.82, 2.24) is 14.7 Å². The van der Waals surface area contributed by atoms with Crippen molar-refractivity contribution in [2.45, 2.75) is 24.4 Å². The topological polar surface area (TPSA) is 74.8 Å².